The number of ketones is 1. The van der Waals surface area contributed by atoms with E-state index in [4.69, 9.17) is 0 Å². The van der Waals surface area contributed by atoms with E-state index in [1.807, 2.05) is 12.1 Å². The molecule has 0 radical (unpaired) electrons. The third-order valence-corrected chi connectivity index (χ3v) is 2.68. The van der Waals surface area contributed by atoms with Crippen LogP contribution in [-0.4, -0.2) is 10.9 Å². The Bertz CT molecular complexity index is 331. The quantitative estimate of drug-likeness (QED) is 0.802. The zero-order chi connectivity index (χ0) is 11.3. The van der Waals surface area contributed by atoms with Crippen molar-refractivity contribution in [2.24, 2.45) is 0 Å². The van der Waals surface area contributed by atoms with Crippen molar-refractivity contribution in [2.45, 2.75) is 39.0 Å². The van der Waals surface area contributed by atoms with Crippen LogP contribution in [0.3, 0.4) is 0 Å². The Balaban J connectivity index is 2.69. The molecule has 0 spiro atoms. The van der Waals surface area contributed by atoms with Gasteiger partial charge in [-0.05, 0) is 43.4 Å². The van der Waals surface area contributed by atoms with Gasteiger partial charge in [-0.1, -0.05) is 19.1 Å². The van der Waals surface area contributed by atoms with Gasteiger partial charge in [0.05, 0.1) is 0 Å². The molecular formula is C13H18O2. The van der Waals surface area contributed by atoms with E-state index in [1.165, 1.54) is 0 Å². The standard InChI is InChI=1S/C13H18O2/c1-3-11(8-7-10(2)14)12-5-4-6-13(15)9-12/h4-6,9,11,15H,3,7-8H2,1-2H3. The van der Waals surface area contributed by atoms with E-state index in [2.05, 4.69) is 6.92 Å². The molecule has 0 heterocycles. The highest BCUT2D eigenvalue weighted by Crippen LogP contribution is 2.27. The normalized spacial score (nSPS) is 12.4. The SMILES string of the molecule is CCC(CCC(C)=O)c1cccc(O)c1. The molecule has 82 valence electrons. The van der Waals surface area contributed by atoms with Crippen molar-refractivity contribution in [1.82, 2.24) is 0 Å². The van der Waals surface area contributed by atoms with E-state index in [0.29, 0.717) is 18.1 Å². The zero-order valence-electron chi connectivity index (χ0n) is 9.36. The fourth-order valence-corrected chi connectivity index (χ4v) is 1.76. The van der Waals surface area contributed by atoms with Crippen LogP contribution in [0.1, 0.15) is 44.6 Å². The molecule has 1 N–H and O–H groups in total. The van der Waals surface area contributed by atoms with Crippen LogP contribution in [0, 0.1) is 0 Å². The van der Waals surface area contributed by atoms with Gasteiger partial charge in [-0.2, -0.15) is 0 Å². The number of rotatable bonds is 5. The largest absolute Gasteiger partial charge is 0.508 e. The second-order valence-electron chi connectivity index (χ2n) is 3.94. The second kappa shape index (κ2) is 5.54. The molecule has 1 rings (SSSR count). The van der Waals surface area contributed by atoms with Crippen LogP contribution in [0.25, 0.3) is 0 Å². The molecule has 1 aromatic carbocycles. The van der Waals surface area contributed by atoms with E-state index in [0.717, 1.165) is 18.4 Å². The summed E-state index contributed by atoms with van der Waals surface area (Å²) in [4.78, 5) is 10.9. The van der Waals surface area contributed by atoms with Gasteiger partial charge in [0.2, 0.25) is 0 Å². The van der Waals surface area contributed by atoms with Gasteiger partial charge in [-0.15, -0.1) is 0 Å². The molecule has 0 aliphatic carbocycles. The Morgan fingerprint density at radius 2 is 2.20 bits per heavy atom. The van der Waals surface area contributed by atoms with Gasteiger partial charge >= 0.3 is 0 Å². The third-order valence-electron chi connectivity index (χ3n) is 2.68. The van der Waals surface area contributed by atoms with Crippen LogP contribution in [0.4, 0.5) is 0 Å². The van der Waals surface area contributed by atoms with Crippen LogP contribution in [-0.2, 0) is 4.79 Å². The number of hydrogen-bond acceptors (Lipinski definition) is 2. The van der Waals surface area contributed by atoms with Crippen LogP contribution in [0.2, 0.25) is 0 Å². The summed E-state index contributed by atoms with van der Waals surface area (Å²) in [5.41, 5.74) is 1.12. The summed E-state index contributed by atoms with van der Waals surface area (Å²) in [5.74, 6) is 0.906. The predicted molar refractivity (Wildman–Crippen MR) is 61.1 cm³/mol. The second-order valence-corrected chi connectivity index (χ2v) is 3.94. The number of phenolic OH excluding ortho intramolecular Hbond substituents is 1. The summed E-state index contributed by atoms with van der Waals surface area (Å²) in [6, 6.07) is 7.31. The van der Waals surface area contributed by atoms with Gasteiger partial charge in [0.1, 0.15) is 11.5 Å². The zero-order valence-corrected chi connectivity index (χ0v) is 9.36. The minimum atomic E-state index is 0.230. The Labute approximate surface area is 90.9 Å². The molecule has 0 aliphatic heterocycles. The fraction of sp³-hybridized carbons (Fsp3) is 0.462. The maximum atomic E-state index is 10.9. The molecule has 1 atom stereocenters. The van der Waals surface area contributed by atoms with E-state index in [9.17, 15) is 9.90 Å². The van der Waals surface area contributed by atoms with Crippen molar-refractivity contribution in [3.05, 3.63) is 29.8 Å². The van der Waals surface area contributed by atoms with E-state index in [-0.39, 0.29) is 5.78 Å². The molecule has 0 aromatic heterocycles. The Hall–Kier alpha value is -1.31. The lowest BCUT2D eigenvalue weighted by Crippen LogP contribution is -2.00. The van der Waals surface area contributed by atoms with Crippen LogP contribution < -0.4 is 0 Å². The third kappa shape index (κ3) is 3.74. The first-order chi connectivity index (χ1) is 7.13. The molecule has 0 bridgehead atoms. The summed E-state index contributed by atoms with van der Waals surface area (Å²) >= 11 is 0. The molecular weight excluding hydrogens is 188 g/mol. The van der Waals surface area contributed by atoms with Gasteiger partial charge in [0.15, 0.2) is 0 Å². The van der Waals surface area contributed by atoms with Crippen molar-refractivity contribution in [1.29, 1.82) is 0 Å². The highest BCUT2D eigenvalue weighted by Gasteiger charge is 2.10. The molecule has 2 nitrogen and oxygen atoms in total. The van der Waals surface area contributed by atoms with Gasteiger partial charge < -0.3 is 9.90 Å². The maximum absolute atomic E-state index is 10.9. The van der Waals surface area contributed by atoms with Crippen LogP contribution in [0.15, 0.2) is 24.3 Å². The van der Waals surface area contributed by atoms with Gasteiger partial charge in [0.25, 0.3) is 0 Å². The van der Waals surface area contributed by atoms with Crippen LogP contribution in [0.5, 0.6) is 5.75 Å². The molecule has 0 fully saturated rings. The molecule has 2 heteroatoms. The number of phenols is 1. The van der Waals surface area contributed by atoms with Crippen molar-refractivity contribution in [3.8, 4) is 5.75 Å². The molecule has 1 aromatic rings. The average molecular weight is 206 g/mol. The first kappa shape index (κ1) is 11.8. The van der Waals surface area contributed by atoms with Gasteiger partial charge in [-0.3, -0.25) is 0 Å². The fourth-order valence-electron chi connectivity index (χ4n) is 1.76. The number of carbonyl (C=O) groups is 1. The number of aromatic hydroxyl groups is 1. The summed E-state index contributed by atoms with van der Waals surface area (Å²) < 4.78 is 0. The lowest BCUT2D eigenvalue weighted by Gasteiger charge is -2.14. The van der Waals surface area contributed by atoms with Gasteiger partial charge in [0, 0.05) is 6.42 Å². The van der Waals surface area contributed by atoms with Crippen LogP contribution >= 0.6 is 0 Å². The Morgan fingerprint density at radius 1 is 1.47 bits per heavy atom. The number of benzene rings is 1. The number of hydrogen-bond donors (Lipinski definition) is 1. The van der Waals surface area contributed by atoms with Crippen molar-refractivity contribution < 1.29 is 9.90 Å². The lowest BCUT2D eigenvalue weighted by atomic mass is 9.91. The maximum Gasteiger partial charge on any atom is 0.129 e. The van der Waals surface area contributed by atoms with E-state index >= 15 is 0 Å². The van der Waals surface area contributed by atoms with Crippen molar-refractivity contribution in [2.75, 3.05) is 0 Å². The summed E-state index contributed by atoms with van der Waals surface area (Å²) in [7, 11) is 0. The molecule has 0 amide bonds. The first-order valence-corrected chi connectivity index (χ1v) is 5.41. The first-order valence-electron chi connectivity index (χ1n) is 5.41. The highest BCUT2D eigenvalue weighted by molar-refractivity contribution is 5.75. The lowest BCUT2D eigenvalue weighted by molar-refractivity contribution is -0.117. The summed E-state index contributed by atoms with van der Waals surface area (Å²) in [5, 5.41) is 9.37. The molecule has 15 heavy (non-hydrogen) atoms. The smallest absolute Gasteiger partial charge is 0.129 e. The predicted octanol–water partition coefficient (Wildman–Crippen LogP) is 3.26. The molecule has 0 saturated carbocycles. The van der Waals surface area contributed by atoms with E-state index < -0.39 is 0 Å². The average Bonchev–Trinajstić information content (AvgIpc) is 2.18. The Morgan fingerprint density at radius 3 is 2.73 bits per heavy atom. The highest BCUT2D eigenvalue weighted by atomic mass is 16.3. The summed E-state index contributed by atoms with van der Waals surface area (Å²) in [6.45, 7) is 3.73. The molecule has 1 unspecified atom stereocenters. The Kier molecular flexibility index (Phi) is 4.35. The minimum Gasteiger partial charge on any atom is -0.508 e. The van der Waals surface area contributed by atoms with E-state index in [1.54, 1.807) is 19.1 Å². The topological polar surface area (TPSA) is 37.3 Å². The van der Waals surface area contributed by atoms with Crippen molar-refractivity contribution in [3.63, 3.8) is 0 Å². The number of carbonyl (C=O) groups excluding carboxylic acids is 1. The monoisotopic (exact) mass is 206 g/mol. The minimum absolute atomic E-state index is 0.230. The number of Topliss-reactive ketones (excluding diaryl/α,β-unsaturated/α-hetero) is 1. The molecule has 0 saturated heterocycles. The molecule has 0 aliphatic rings. The van der Waals surface area contributed by atoms with Crippen molar-refractivity contribution >= 4 is 5.78 Å². The van der Waals surface area contributed by atoms with Gasteiger partial charge in [-0.25, -0.2) is 0 Å². The summed E-state index contributed by atoms with van der Waals surface area (Å²) in [6.07, 6.45) is 2.49.